The van der Waals surface area contributed by atoms with E-state index in [2.05, 4.69) is 58.3 Å². The highest BCUT2D eigenvalue weighted by atomic mass is 28.3. The first kappa shape index (κ1) is 17.8. The molecule has 146 valence electrons. The molecule has 3 saturated heterocycles. The van der Waals surface area contributed by atoms with Gasteiger partial charge in [0.2, 0.25) is 0 Å². The van der Waals surface area contributed by atoms with Gasteiger partial charge in [-0.3, -0.25) is 9.59 Å². The van der Waals surface area contributed by atoms with E-state index in [4.69, 9.17) is 9.47 Å². The van der Waals surface area contributed by atoms with E-state index in [1.54, 1.807) is 0 Å². The van der Waals surface area contributed by atoms with E-state index in [1.807, 2.05) is 12.2 Å². The fourth-order valence-electron chi connectivity index (χ4n) is 8.02. The number of rotatable bonds is 4. The second-order valence-corrected chi connectivity index (χ2v) is 15.6. The lowest BCUT2D eigenvalue weighted by Gasteiger charge is -2.53. The highest BCUT2D eigenvalue weighted by molar-refractivity contribution is 6.81. The average molecular weight is 388 g/mol. The number of esters is 2. The number of hydrogen-bond donors (Lipinski definition) is 0. The van der Waals surface area contributed by atoms with Gasteiger partial charge in [-0.15, -0.1) is 0 Å². The summed E-state index contributed by atoms with van der Waals surface area (Å²) in [4.78, 5) is 26.4. The van der Waals surface area contributed by atoms with E-state index >= 15 is 0 Å². The maximum absolute atomic E-state index is 13.2. The lowest BCUT2D eigenvalue weighted by molar-refractivity contribution is -0.161. The largest absolute Gasteiger partial charge is 0.392 e. The molecule has 0 spiro atoms. The third kappa shape index (κ3) is 1.46. The van der Waals surface area contributed by atoms with Crippen molar-refractivity contribution in [3.05, 3.63) is 24.3 Å². The number of ether oxygens (including phenoxy) is 2. The Kier molecular flexibility index (Phi) is 3.31. The molecule has 5 aliphatic heterocycles. The molecule has 5 aliphatic rings. The van der Waals surface area contributed by atoms with Gasteiger partial charge in [0.15, 0.2) is 0 Å². The summed E-state index contributed by atoms with van der Waals surface area (Å²) >= 11 is 0. The van der Waals surface area contributed by atoms with Gasteiger partial charge in [0, 0.05) is 12.1 Å². The Hall–Kier alpha value is -1.24. The van der Waals surface area contributed by atoms with Gasteiger partial charge in [-0.2, -0.15) is 0 Å². The SMILES string of the molecule is CC(C)[Si](C(C)C)(C(C)C)N1[C@H]2C=C[C@@H]1[C@]13C(=O)OC(=O)[C@]21[C@H]1C=C[C@@H]3O1. The van der Waals surface area contributed by atoms with Crippen molar-refractivity contribution in [2.24, 2.45) is 10.8 Å². The predicted octanol–water partition coefficient (Wildman–Crippen LogP) is 3.18. The number of cyclic esters (lactones) is 2. The molecule has 5 nitrogen and oxygen atoms in total. The Bertz CT molecular complexity index is 734. The number of nitrogens with zero attached hydrogens (tertiary/aromatic N) is 1. The molecule has 0 N–H and O–H groups in total. The van der Waals surface area contributed by atoms with Crippen molar-refractivity contribution in [2.75, 3.05) is 0 Å². The first-order chi connectivity index (χ1) is 12.7. The monoisotopic (exact) mass is 387 g/mol. The Labute approximate surface area is 161 Å². The highest BCUT2D eigenvalue weighted by Gasteiger charge is 2.91. The Morgan fingerprint density at radius 2 is 1.22 bits per heavy atom. The topological polar surface area (TPSA) is 55.8 Å². The second-order valence-electron chi connectivity index (χ2n) is 9.81. The van der Waals surface area contributed by atoms with Crippen LogP contribution in [0.2, 0.25) is 16.6 Å². The first-order valence-electron chi connectivity index (χ1n) is 10.3. The quantitative estimate of drug-likeness (QED) is 0.321. The average Bonchev–Trinajstić information content (AvgIpc) is 3.33. The van der Waals surface area contributed by atoms with Gasteiger partial charge >= 0.3 is 11.9 Å². The Morgan fingerprint density at radius 3 is 1.59 bits per heavy atom. The summed E-state index contributed by atoms with van der Waals surface area (Å²) in [6.07, 6.45) is 7.60. The van der Waals surface area contributed by atoms with E-state index in [1.165, 1.54) is 0 Å². The normalized spacial score (nSPS) is 44.3. The zero-order chi connectivity index (χ0) is 19.5. The van der Waals surface area contributed by atoms with Gasteiger partial charge in [0.25, 0.3) is 0 Å². The Balaban J connectivity index is 1.78. The summed E-state index contributed by atoms with van der Waals surface area (Å²) in [6.45, 7) is 14.0. The van der Waals surface area contributed by atoms with Gasteiger partial charge in [-0.1, -0.05) is 65.8 Å². The summed E-state index contributed by atoms with van der Waals surface area (Å²) in [5.74, 6) is -0.740. The molecule has 0 unspecified atom stereocenters. The molecule has 0 aliphatic carbocycles. The molecule has 0 saturated carbocycles. The summed E-state index contributed by atoms with van der Waals surface area (Å²) in [5, 5.41) is 0. The fourth-order valence-corrected chi connectivity index (χ4v) is 15.3. The molecule has 3 fully saturated rings. The van der Waals surface area contributed by atoms with Crippen LogP contribution in [-0.4, -0.2) is 49.0 Å². The number of hydrogen-bond acceptors (Lipinski definition) is 5. The van der Waals surface area contributed by atoms with E-state index in [-0.39, 0.29) is 36.2 Å². The summed E-state index contributed by atoms with van der Waals surface area (Å²) in [5.41, 5.74) is -0.285. The molecule has 6 heteroatoms. The molecule has 5 heterocycles. The van der Waals surface area contributed by atoms with Crippen LogP contribution in [0.5, 0.6) is 0 Å². The molecule has 0 aromatic carbocycles. The third-order valence-electron chi connectivity index (χ3n) is 8.43. The molecule has 6 atom stereocenters. The van der Waals surface area contributed by atoms with Crippen molar-refractivity contribution in [1.82, 2.24) is 4.57 Å². The van der Waals surface area contributed by atoms with Crippen molar-refractivity contribution < 1.29 is 19.1 Å². The minimum atomic E-state index is -2.06. The van der Waals surface area contributed by atoms with Crippen molar-refractivity contribution in [3.63, 3.8) is 0 Å². The van der Waals surface area contributed by atoms with Gasteiger partial charge < -0.3 is 14.0 Å². The minimum absolute atomic E-state index is 0.111. The molecule has 0 aromatic rings. The summed E-state index contributed by atoms with van der Waals surface area (Å²) in [7, 11) is -2.06. The zero-order valence-corrected chi connectivity index (χ0v) is 17.9. The standard InChI is InChI=1S/C21H29NO4Si/c1-11(2)27(12(3)4,13(5)6)22-14-7-8-15(22)21-17-10-9-16(25-17)20(14,21)18(23)26-19(21)24/h7-17H,1-6H3/t14-,15+,16+,17-,20+,21-. The van der Waals surface area contributed by atoms with Crippen molar-refractivity contribution >= 4 is 20.2 Å². The summed E-state index contributed by atoms with van der Waals surface area (Å²) in [6, 6.07) is -0.222. The van der Waals surface area contributed by atoms with Crippen LogP contribution < -0.4 is 0 Å². The van der Waals surface area contributed by atoms with E-state index < -0.39 is 19.1 Å². The van der Waals surface area contributed by atoms with Gasteiger partial charge in [0.05, 0.1) is 12.2 Å². The van der Waals surface area contributed by atoms with Crippen LogP contribution in [-0.2, 0) is 19.1 Å². The van der Waals surface area contributed by atoms with Crippen LogP contribution in [0.4, 0.5) is 0 Å². The Morgan fingerprint density at radius 1 is 0.815 bits per heavy atom. The van der Waals surface area contributed by atoms with Gasteiger partial charge in [-0.25, -0.2) is 0 Å². The van der Waals surface area contributed by atoms with Crippen molar-refractivity contribution in [3.8, 4) is 0 Å². The minimum Gasteiger partial charge on any atom is -0.392 e. The third-order valence-corrected chi connectivity index (χ3v) is 15.4. The van der Waals surface area contributed by atoms with Gasteiger partial charge in [0.1, 0.15) is 19.1 Å². The predicted molar refractivity (Wildman–Crippen MR) is 103 cm³/mol. The second kappa shape index (κ2) is 5.02. The first-order valence-corrected chi connectivity index (χ1v) is 12.4. The lowest BCUT2D eigenvalue weighted by Crippen LogP contribution is -2.65. The summed E-state index contributed by atoms with van der Waals surface area (Å²) < 4.78 is 14.2. The fraction of sp³-hybridized carbons (Fsp3) is 0.714. The van der Waals surface area contributed by atoms with Crippen molar-refractivity contribution in [1.29, 1.82) is 0 Å². The van der Waals surface area contributed by atoms with Crippen LogP contribution in [0.1, 0.15) is 41.5 Å². The molecular weight excluding hydrogens is 358 g/mol. The molecule has 0 aromatic heterocycles. The maximum atomic E-state index is 13.2. The molecule has 0 radical (unpaired) electrons. The molecule has 4 bridgehead atoms. The van der Waals surface area contributed by atoms with Crippen molar-refractivity contribution in [2.45, 2.75) is 82.5 Å². The van der Waals surface area contributed by atoms with Crippen LogP contribution in [0.25, 0.3) is 0 Å². The number of carbonyl (C=O) groups excluding carboxylic acids is 2. The number of fused-ring (bicyclic) bond motifs is 4. The van der Waals surface area contributed by atoms with Crippen LogP contribution in [0.15, 0.2) is 24.3 Å². The van der Waals surface area contributed by atoms with E-state index in [0.29, 0.717) is 16.6 Å². The molecule has 5 rings (SSSR count). The maximum Gasteiger partial charge on any atom is 0.326 e. The van der Waals surface area contributed by atoms with Gasteiger partial charge in [-0.05, 0) is 16.6 Å². The van der Waals surface area contributed by atoms with E-state index in [0.717, 1.165) is 0 Å². The lowest BCUT2D eigenvalue weighted by atomic mass is 9.54. The molecule has 27 heavy (non-hydrogen) atoms. The highest BCUT2D eigenvalue weighted by Crippen LogP contribution is 2.74. The van der Waals surface area contributed by atoms with Crippen LogP contribution >= 0.6 is 0 Å². The van der Waals surface area contributed by atoms with Crippen LogP contribution in [0, 0.1) is 10.8 Å². The smallest absolute Gasteiger partial charge is 0.326 e. The molecule has 0 amide bonds. The molecular formula is C21H29NO4Si. The van der Waals surface area contributed by atoms with E-state index in [9.17, 15) is 9.59 Å². The van der Waals surface area contributed by atoms with Crippen LogP contribution in [0.3, 0.4) is 0 Å². The zero-order valence-electron chi connectivity index (χ0n) is 16.9. The number of carbonyl (C=O) groups is 2.